The normalized spacial score (nSPS) is 12.6. The summed E-state index contributed by atoms with van der Waals surface area (Å²) in [5.74, 6) is -0.930. The molecule has 2 amide bonds. The van der Waals surface area contributed by atoms with Crippen molar-refractivity contribution < 1.29 is 18.9 Å². The fourth-order valence-corrected chi connectivity index (χ4v) is 4.65. The van der Waals surface area contributed by atoms with E-state index in [0.717, 1.165) is 29.7 Å². The number of nitro groups is 1. The number of nitro benzene ring substituents is 1. The van der Waals surface area contributed by atoms with Gasteiger partial charge in [0.2, 0.25) is 0 Å². The summed E-state index contributed by atoms with van der Waals surface area (Å²) >= 11 is 1.35. The fourth-order valence-electron chi connectivity index (χ4n) is 3.36. The number of nitrogens with one attached hydrogen (secondary N) is 1. The van der Waals surface area contributed by atoms with Gasteiger partial charge in [0.05, 0.1) is 16.1 Å². The van der Waals surface area contributed by atoms with Crippen LogP contribution in [-0.4, -0.2) is 16.7 Å². The van der Waals surface area contributed by atoms with Crippen LogP contribution in [0.15, 0.2) is 40.8 Å². The van der Waals surface area contributed by atoms with Crippen LogP contribution in [0.1, 0.15) is 37.8 Å². The molecule has 1 aliphatic carbocycles. The van der Waals surface area contributed by atoms with Crippen molar-refractivity contribution in [2.24, 2.45) is 5.73 Å². The van der Waals surface area contributed by atoms with Crippen LogP contribution in [0.2, 0.25) is 0 Å². The number of hydrogen-bond acceptors (Lipinski definition) is 6. The van der Waals surface area contributed by atoms with Gasteiger partial charge in [-0.15, -0.1) is 11.3 Å². The highest BCUT2D eigenvalue weighted by molar-refractivity contribution is 7.17. The van der Waals surface area contributed by atoms with Gasteiger partial charge in [-0.05, 0) is 43.0 Å². The fraction of sp³-hybridized carbons (Fsp3) is 0.158. The van der Waals surface area contributed by atoms with Crippen LogP contribution >= 0.6 is 11.3 Å². The Morgan fingerprint density at radius 1 is 1.18 bits per heavy atom. The maximum absolute atomic E-state index is 12.6. The number of carbonyl (C=O) groups excluding carboxylic acids is 2. The molecular formula is C19H15N3O5S. The van der Waals surface area contributed by atoms with Crippen molar-refractivity contribution in [3.8, 4) is 11.3 Å². The second-order valence-corrected chi connectivity index (χ2v) is 7.42. The highest BCUT2D eigenvalue weighted by atomic mass is 32.1. The number of carbonyl (C=O) groups is 2. The molecule has 0 unspecified atom stereocenters. The molecule has 3 aromatic rings. The first-order valence-electron chi connectivity index (χ1n) is 8.55. The van der Waals surface area contributed by atoms with E-state index < -0.39 is 16.7 Å². The van der Waals surface area contributed by atoms with E-state index in [1.54, 1.807) is 18.2 Å². The summed E-state index contributed by atoms with van der Waals surface area (Å²) in [6.07, 6.45) is 2.59. The van der Waals surface area contributed by atoms with Crippen molar-refractivity contribution in [2.45, 2.75) is 19.3 Å². The Hall–Kier alpha value is -3.46. The van der Waals surface area contributed by atoms with E-state index >= 15 is 0 Å². The Bertz CT molecular complexity index is 1110. The van der Waals surface area contributed by atoms with Crippen molar-refractivity contribution in [1.29, 1.82) is 0 Å². The van der Waals surface area contributed by atoms with Gasteiger partial charge in [0.1, 0.15) is 10.8 Å². The summed E-state index contributed by atoms with van der Waals surface area (Å²) in [7, 11) is 0. The average molecular weight is 397 g/mol. The molecule has 28 heavy (non-hydrogen) atoms. The smallest absolute Gasteiger partial charge is 0.292 e. The highest BCUT2D eigenvalue weighted by Crippen LogP contribution is 2.39. The maximum Gasteiger partial charge on any atom is 0.292 e. The number of anilines is 1. The largest absolute Gasteiger partial charge is 0.451 e. The molecule has 8 nitrogen and oxygen atoms in total. The standard InChI is InChI=1S/C19H15N3O5S/c20-17(23)16-11-5-3-7-15(11)28-19(16)21-18(24)14-9-8-13(27-14)10-4-1-2-6-12(10)22(25)26/h1-2,4,6,8-9H,3,5,7H2,(H2,20,23)(H,21,24). The van der Waals surface area contributed by atoms with Gasteiger partial charge in [-0.1, -0.05) is 12.1 Å². The SMILES string of the molecule is NC(=O)c1c(NC(=O)c2ccc(-c3ccccc3[N+](=O)[O-])o2)sc2c1CCC2. The molecule has 0 saturated carbocycles. The average Bonchev–Trinajstić information content (AvgIpc) is 3.36. The van der Waals surface area contributed by atoms with Crippen LogP contribution in [-0.2, 0) is 12.8 Å². The van der Waals surface area contributed by atoms with E-state index in [2.05, 4.69) is 5.32 Å². The number of nitrogens with zero attached hydrogens (tertiary/aromatic N) is 1. The van der Waals surface area contributed by atoms with Gasteiger partial charge >= 0.3 is 0 Å². The second kappa shape index (κ2) is 6.93. The number of fused-ring (bicyclic) bond motifs is 1. The summed E-state index contributed by atoms with van der Waals surface area (Å²) < 4.78 is 5.54. The lowest BCUT2D eigenvalue weighted by Crippen LogP contribution is -2.17. The molecule has 0 aliphatic heterocycles. The number of hydrogen-bond donors (Lipinski definition) is 2. The molecule has 0 atom stereocenters. The predicted molar refractivity (Wildman–Crippen MR) is 104 cm³/mol. The first kappa shape index (κ1) is 17.9. The van der Waals surface area contributed by atoms with Crippen LogP contribution in [0.5, 0.6) is 0 Å². The van der Waals surface area contributed by atoms with Crippen molar-refractivity contribution in [3.63, 3.8) is 0 Å². The number of primary amides is 1. The Balaban J connectivity index is 1.62. The van der Waals surface area contributed by atoms with E-state index in [9.17, 15) is 19.7 Å². The number of amides is 2. The third kappa shape index (κ3) is 3.05. The summed E-state index contributed by atoms with van der Waals surface area (Å²) in [5.41, 5.74) is 6.93. The van der Waals surface area contributed by atoms with E-state index in [0.29, 0.717) is 10.6 Å². The molecule has 2 aromatic heterocycles. The molecule has 1 aromatic carbocycles. The lowest BCUT2D eigenvalue weighted by Gasteiger charge is -2.04. The molecule has 0 bridgehead atoms. The molecule has 142 valence electrons. The summed E-state index contributed by atoms with van der Waals surface area (Å²) in [6.45, 7) is 0. The summed E-state index contributed by atoms with van der Waals surface area (Å²) in [5, 5.41) is 14.3. The van der Waals surface area contributed by atoms with Crippen molar-refractivity contribution in [3.05, 3.63) is 68.3 Å². The molecule has 0 fully saturated rings. The number of para-hydroxylation sites is 1. The van der Waals surface area contributed by atoms with E-state index in [1.807, 2.05) is 0 Å². The third-order valence-corrected chi connectivity index (χ3v) is 5.80. The van der Waals surface area contributed by atoms with Crippen molar-refractivity contribution in [1.82, 2.24) is 0 Å². The van der Waals surface area contributed by atoms with Crippen LogP contribution in [0.3, 0.4) is 0 Å². The molecule has 9 heteroatoms. The maximum atomic E-state index is 12.6. The van der Waals surface area contributed by atoms with Gasteiger partial charge in [0.15, 0.2) is 5.76 Å². The molecule has 0 saturated heterocycles. The zero-order valence-electron chi connectivity index (χ0n) is 14.6. The minimum atomic E-state index is -0.574. The van der Waals surface area contributed by atoms with Crippen LogP contribution in [0.25, 0.3) is 11.3 Å². The van der Waals surface area contributed by atoms with Crippen LogP contribution < -0.4 is 11.1 Å². The number of nitrogens with two attached hydrogens (primary N) is 1. The van der Waals surface area contributed by atoms with Gasteiger partial charge < -0.3 is 15.5 Å². The number of furan rings is 1. The number of thiophene rings is 1. The van der Waals surface area contributed by atoms with Crippen molar-refractivity contribution >= 4 is 33.8 Å². The van der Waals surface area contributed by atoms with Gasteiger partial charge in [-0.2, -0.15) is 0 Å². The van der Waals surface area contributed by atoms with E-state index in [1.165, 1.54) is 29.5 Å². The minimum Gasteiger partial charge on any atom is -0.451 e. The number of benzene rings is 1. The Morgan fingerprint density at radius 2 is 1.96 bits per heavy atom. The zero-order valence-corrected chi connectivity index (χ0v) is 15.4. The first-order chi connectivity index (χ1) is 13.5. The molecule has 2 heterocycles. The first-order valence-corrected chi connectivity index (χ1v) is 9.36. The van der Waals surface area contributed by atoms with Gasteiger partial charge in [-0.25, -0.2) is 0 Å². The van der Waals surface area contributed by atoms with E-state index in [-0.39, 0.29) is 22.8 Å². The summed E-state index contributed by atoms with van der Waals surface area (Å²) in [4.78, 5) is 36.2. The number of rotatable bonds is 5. The van der Waals surface area contributed by atoms with Gasteiger partial charge in [0.25, 0.3) is 17.5 Å². The Labute approximate surface area is 163 Å². The van der Waals surface area contributed by atoms with Crippen LogP contribution in [0.4, 0.5) is 10.7 Å². The molecular weight excluding hydrogens is 382 g/mol. The molecule has 4 rings (SSSR count). The molecule has 0 spiro atoms. The van der Waals surface area contributed by atoms with Crippen molar-refractivity contribution in [2.75, 3.05) is 5.32 Å². The predicted octanol–water partition coefficient (Wildman–Crippen LogP) is 3.76. The number of aryl methyl sites for hydroxylation is 1. The quantitative estimate of drug-likeness (QED) is 0.500. The third-order valence-electron chi connectivity index (χ3n) is 4.59. The summed E-state index contributed by atoms with van der Waals surface area (Å²) in [6, 6.07) is 9.06. The topological polar surface area (TPSA) is 128 Å². The molecule has 0 radical (unpaired) electrons. The van der Waals surface area contributed by atoms with E-state index in [4.69, 9.17) is 10.2 Å². The van der Waals surface area contributed by atoms with Crippen LogP contribution in [0, 0.1) is 10.1 Å². The monoisotopic (exact) mass is 397 g/mol. The van der Waals surface area contributed by atoms with Gasteiger partial charge in [0, 0.05) is 10.9 Å². The highest BCUT2D eigenvalue weighted by Gasteiger charge is 2.27. The molecule has 3 N–H and O–H groups in total. The lowest BCUT2D eigenvalue weighted by atomic mass is 10.1. The molecule has 1 aliphatic rings. The second-order valence-electron chi connectivity index (χ2n) is 6.32. The zero-order chi connectivity index (χ0) is 19.8. The minimum absolute atomic E-state index is 0.0165. The lowest BCUT2D eigenvalue weighted by molar-refractivity contribution is -0.384. The van der Waals surface area contributed by atoms with Gasteiger partial charge in [-0.3, -0.25) is 19.7 Å². The Kier molecular flexibility index (Phi) is 4.44. The Morgan fingerprint density at radius 3 is 2.71 bits per heavy atom.